The van der Waals surface area contributed by atoms with Crippen LogP contribution in [0.3, 0.4) is 0 Å². The number of carbonyl (C=O) groups excluding carboxylic acids is 1. The number of nitrogens with two attached hydrogens (primary N) is 1. The fraction of sp³-hybridized carbons (Fsp3) is 0.333. The maximum absolute atomic E-state index is 11.3. The molecule has 0 saturated heterocycles. The van der Waals surface area contributed by atoms with Crippen molar-refractivity contribution in [3.8, 4) is 0 Å². The predicted octanol–water partition coefficient (Wildman–Crippen LogP) is 0.942. The maximum atomic E-state index is 11.3. The molecule has 1 aromatic rings. The Labute approximate surface area is 87.3 Å². The molecule has 14 heavy (non-hydrogen) atoms. The highest BCUT2D eigenvalue weighted by Gasteiger charge is 2.16. The Kier molecular flexibility index (Phi) is 4.42. The first-order valence-electron chi connectivity index (χ1n) is 4.35. The van der Waals surface area contributed by atoms with E-state index in [-0.39, 0.29) is 11.2 Å². The number of nitrogens with one attached hydrogen (secondary N) is 1. The molecule has 4 nitrogen and oxygen atoms in total. The summed E-state index contributed by atoms with van der Waals surface area (Å²) in [5, 5.41) is -0.137. The van der Waals surface area contributed by atoms with Gasteiger partial charge in [-0.25, -0.2) is 5.84 Å². The monoisotopic (exact) mass is 211 g/mol. The van der Waals surface area contributed by atoms with E-state index in [0.717, 1.165) is 11.3 Å². The van der Waals surface area contributed by atoms with Gasteiger partial charge in [0.05, 0.1) is 5.25 Å². The van der Waals surface area contributed by atoms with E-state index in [1.165, 1.54) is 11.8 Å². The second-order valence-corrected chi connectivity index (χ2v) is 3.98. The van der Waals surface area contributed by atoms with Gasteiger partial charge in [0.15, 0.2) is 0 Å². The first kappa shape index (κ1) is 11.0. The lowest BCUT2D eigenvalue weighted by atomic mass is 10.3. The molecule has 0 aliphatic carbocycles. The van der Waals surface area contributed by atoms with Gasteiger partial charge in [-0.05, 0) is 18.6 Å². The summed E-state index contributed by atoms with van der Waals surface area (Å²) in [6.45, 7) is 1.95. The molecule has 76 valence electrons. The number of pyridine rings is 1. The van der Waals surface area contributed by atoms with Gasteiger partial charge in [0, 0.05) is 17.3 Å². The highest BCUT2D eigenvalue weighted by Crippen LogP contribution is 2.24. The number of hydrogen-bond donors (Lipinski definition) is 2. The molecule has 0 aliphatic heterocycles. The molecular weight excluding hydrogens is 198 g/mol. The second kappa shape index (κ2) is 5.62. The average molecular weight is 211 g/mol. The van der Waals surface area contributed by atoms with Crippen LogP contribution in [0.15, 0.2) is 29.4 Å². The van der Waals surface area contributed by atoms with Gasteiger partial charge in [0.1, 0.15) is 0 Å². The van der Waals surface area contributed by atoms with Crippen LogP contribution in [-0.4, -0.2) is 16.1 Å². The molecule has 1 aromatic heterocycles. The van der Waals surface area contributed by atoms with Crippen molar-refractivity contribution in [2.75, 3.05) is 0 Å². The molecular formula is C9H13N3OS. The summed E-state index contributed by atoms with van der Waals surface area (Å²) in [6.07, 6.45) is 4.15. The number of nitrogens with zero attached hydrogens (tertiary/aromatic N) is 1. The van der Waals surface area contributed by atoms with E-state index in [4.69, 9.17) is 5.84 Å². The minimum atomic E-state index is -0.144. The van der Waals surface area contributed by atoms with Crippen molar-refractivity contribution in [1.29, 1.82) is 0 Å². The molecule has 0 bridgehead atoms. The van der Waals surface area contributed by atoms with E-state index in [1.807, 2.05) is 19.1 Å². The van der Waals surface area contributed by atoms with Crippen molar-refractivity contribution in [3.63, 3.8) is 0 Å². The summed E-state index contributed by atoms with van der Waals surface area (Å²) in [4.78, 5) is 16.2. The first-order chi connectivity index (χ1) is 6.77. The van der Waals surface area contributed by atoms with E-state index in [1.54, 1.807) is 12.4 Å². The lowest BCUT2D eigenvalue weighted by Gasteiger charge is -2.11. The van der Waals surface area contributed by atoms with Crippen LogP contribution in [0, 0.1) is 0 Å². The largest absolute Gasteiger partial charge is 0.293 e. The third-order valence-corrected chi connectivity index (χ3v) is 3.11. The van der Waals surface area contributed by atoms with Crippen LogP contribution in [-0.2, 0) is 4.79 Å². The van der Waals surface area contributed by atoms with Crippen LogP contribution in [0.1, 0.15) is 13.3 Å². The molecule has 0 radical (unpaired) electrons. The quantitative estimate of drug-likeness (QED) is 0.336. The van der Waals surface area contributed by atoms with Gasteiger partial charge >= 0.3 is 0 Å². The number of carbonyl (C=O) groups is 1. The first-order valence-corrected chi connectivity index (χ1v) is 5.23. The fourth-order valence-electron chi connectivity index (χ4n) is 0.996. The van der Waals surface area contributed by atoms with Crippen LogP contribution in [0.5, 0.6) is 0 Å². The zero-order valence-electron chi connectivity index (χ0n) is 7.93. The number of amides is 1. The van der Waals surface area contributed by atoms with Crippen LogP contribution in [0.2, 0.25) is 0 Å². The summed E-state index contributed by atoms with van der Waals surface area (Å²) < 4.78 is 0. The van der Waals surface area contributed by atoms with Crippen molar-refractivity contribution in [3.05, 3.63) is 24.5 Å². The van der Waals surface area contributed by atoms with Gasteiger partial charge in [-0.2, -0.15) is 0 Å². The van der Waals surface area contributed by atoms with Crippen LogP contribution >= 0.6 is 11.8 Å². The smallest absolute Gasteiger partial charge is 0.247 e. The zero-order chi connectivity index (χ0) is 10.4. The summed E-state index contributed by atoms with van der Waals surface area (Å²) in [6, 6.07) is 3.74. The van der Waals surface area contributed by atoms with E-state index in [0.29, 0.717) is 0 Å². The van der Waals surface area contributed by atoms with Gasteiger partial charge in [-0.15, -0.1) is 11.8 Å². The Morgan fingerprint density at radius 3 is 2.79 bits per heavy atom. The van der Waals surface area contributed by atoms with Gasteiger partial charge < -0.3 is 0 Å². The van der Waals surface area contributed by atoms with Crippen LogP contribution in [0.25, 0.3) is 0 Å². The van der Waals surface area contributed by atoms with E-state index < -0.39 is 0 Å². The Morgan fingerprint density at radius 1 is 1.64 bits per heavy atom. The van der Waals surface area contributed by atoms with E-state index in [2.05, 4.69) is 10.4 Å². The topological polar surface area (TPSA) is 68.0 Å². The zero-order valence-corrected chi connectivity index (χ0v) is 8.75. The minimum Gasteiger partial charge on any atom is -0.293 e. The third-order valence-electron chi connectivity index (χ3n) is 1.73. The van der Waals surface area contributed by atoms with Gasteiger partial charge in [-0.1, -0.05) is 6.92 Å². The summed E-state index contributed by atoms with van der Waals surface area (Å²) in [5.41, 5.74) is 2.16. The van der Waals surface area contributed by atoms with Crippen molar-refractivity contribution in [2.45, 2.75) is 23.5 Å². The lowest BCUT2D eigenvalue weighted by molar-refractivity contribution is -0.120. The number of rotatable bonds is 4. The van der Waals surface area contributed by atoms with Crippen molar-refractivity contribution in [2.24, 2.45) is 5.84 Å². The molecule has 0 saturated carbocycles. The Bertz CT molecular complexity index is 291. The van der Waals surface area contributed by atoms with Gasteiger partial charge in [0.2, 0.25) is 5.91 Å². The summed E-state index contributed by atoms with van der Waals surface area (Å²) in [5.74, 6) is 4.93. The number of aromatic nitrogens is 1. The number of hydrogen-bond acceptors (Lipinski definition) is 4. The molecule has 1 rings (SSSR count). The fourth-order valence-corrected chi connectivity index (χ4v) is 1.95. The Hall–Kier alpha value is -1.07. The molecule has 3 N–H and O–H groups in total. The molecule has 1 amide bonds. The standard InChI is InChI=1S/C9H13N3OS/c1-2-8(9(13)12-10)14-7-3-5-11-6-4-7/h3-6,8H,2,10H2,1H3,(H,12,13). The van der Waals surface area contributed by atoms with Crippen LogP contribution in [0.4, 0.5) is 0 Å². The predicted molar refractivity (Wildman–Crippen MR) is 56.5 cm³/mol. The van der Waals surface area contributed by atoms with Gasteiger partial charge in [-0.3, -0.25) is 15.2 Å². The Morgan fingerprint density at radius 2 is 2.29 bits per heavy atom. The third kappa shape index (κ3) is 3.01. The summed E-state index contributed by atoms with van der Waals surface area (Å²) >= 11 is 1.49. The van der Waals surface area contributed by atoms with E-state index >= 15 is 0 Å². The van der Waals surface area contributed by atoms with E-state index in [9.17, 15) is 4.79 Å². The highest BCUT2D eigenvalue weighted by molar-refractivity contribution is 8.00. The normalized spacial score (nSPS) is 12.1. The maximum Gasteiger partial charge on any atom is 0.247 e. The van der Waals surface area contributed by atoms with Crippen LogP contribution < -0.4 is 11.3 Å². The molecule has 0 aliphatic rings. The minimum absolute atomic E-state index is 0.137. The Balaban J connectivity index is 2.62. The number of hydrazine groups is 1. The molecule has 1 atom stereocenters. The van der Waals surface area contributed by atoms with Crippen molar-refractivity contribution < 1.29 is 4.79 Å². The van der Waals surface area contributed by atoms with Crippen molar-refractivity contribution in [1.82, 2.24) is 10.4 Å². The number of thioether (sulfide) groups is 1. The van der Waals surface area contributed by atoms with Gasteiger partial charge in [0.25, 0.3) is 0 Å². The molecule has 0 fully saturated rings. The molecule has 5 heteroatoms. The molecule has 1 heterocycles. The SMILES string of the molecule is CCC(Sc1ccncc1)C(=O)NN. The summed E-state index contributed by atoms with van der Waals surface area (Å²) in [7, 11) is 0. The average Bonchev–Trinajstić information content (AvgIpc) is 2.26. The highest BCUT2D eigenvalue weighted by atomic mass is 32.2. The molecule has 1 unspecified atom stereocenters. The van der Waals surface area contributed by atoms with Crippen molar-refractivity contribution >= 4 is 17.7 Å². The molecule has 0 aromatic carbocycles. The molecule has 0 spiro atoms. The second-order valence-electron chi connectivity index (χ2n) is 2.71. The lowest BCUT2D eigenvalue weighted by Crippen LogP contribution is -2.37.